The number of anilines is 1. The van der Waals surface area contributed by atoms with Gasteiger partial charge in [0.05, 0.1) is 23.8 Å². The van der Waals surface area contributed by atoms with Crippen molar-refractivity contribution in [3.63, 3.8) is 0 Å². The summed E-state index contributed by atoms with van der Waals surface area (Å²) in [5, 5.41) is 13.1. The molecule has 34 heavy (non-hydrogen) atoms. The average Bonchev–Trinajstić information content (AvgIpc) is 3.55. The summed E-state index contributed by atoms with van der Waals surface area (Å²) in [5.74, 6) is 0.935. The summed E-state index contributed by atoms with van der Waals surface area (Å²) in [5.41, 5.74) is 4.63. The zero-order valence-corrected chi connectivity index (χ0v) is 20.2. The third-order valence-corrected chi connectivity index (χ3v) is 7.22. The molecule has 8 nitrogen and oxygen atoms in total. The van der Waals surface area contributed by atoms with Crippen LogP contribution < -0.4 is 4.90 Å². The van der Waals surface area contributed by atoms with Gasteiger partial charge in [-0.05, 0) is 42.5 Å². The maximum absolute atomic E-state index is 13.0. The standard InChI is InChI=1S/C25H28ClN7O/c1-17(2)30(3)22-10-28-33(16-22)25(34)32-14-20-12-31(13-21(20)15-32)11-19-7-6-18(9-23(19)26)24-5-4-8-27-29-24/h4-10,16,20-21H,1,11-15H2,2-3H3. The Kier molecular flexibility index (Phi) is 6.10. The summed E-state index contributed by atoms with van der Waals surface area (Å²) in [4.78, 5) is 19.3. The van der Waals surface area contributed by atoms with Gasteiger partial charge in [-0.25, -0.2) is 4.79 Å². The van der Waals surface area contributed by atoms with Gasteiger partial charge in [-0.3, -0.25) is 4.90 Å². The molecule has 0 spiro atoms. The summed E-state index contributed by atoms with van der Waals surface area (Å²) < 4.78 is 1.44. The number of carbonyl (C=O) groups is 1. The number of carbonyl (C=O) groups excluding carboxylic acids is 1. The van der Waals surface area contributed by atoms with E-state index >= 15 is 0 Å². The van der Waals surface area contributed by atoms with Crippen molar-refractivity contribution in [3.05, 3.63) is 71.8 Å². The minimum Gasteiger partial charge on any atom is -0.347 e. The van der Waals surface area contributed by atoms with Crippen LogP contribution in [0.2, 0.25) is 5.02 Å². The normalized spacial score (nSPS) is 19.9. The van der Waals surface area contributed by atoms with Crippen LogP contribution in [0.4, 0.5) is 10.5 Å². The lowest BCUT2D eigenvalue weighted by molar-refractivity contribution is 0.197. The molecule has 2 aliphatic rings. The highest BCUT2D eigenvalue weighted by atomic mass is 35.5. The van der Waals surface area contributed by atoms with E-state index in [1.807, 2.05) is 48.0 Å². The highest BCUT2D eigenvalue weighted by Gasteiger charge is 2.42. The van der Waals surface area contributed by atoms with Gasteiger partial charge in [-0.2, -0.15) is 20.0 Å². The van der Waals surface area contributed by atoms with Crippen LogP contribution in [0.5, 0.6) is 0 Å². The lowest BCUT2D eigenvalue weighted by atomic mass is 10.0. The van der Waals surface area contributed by atoms with E-state index in [-0.39, 0.29) is 6.03 Å². The van der Waals surface area contributed by atoms with Gasteiger partial charge in [-0.15, -0.1) is 0 Å². The molecule has 3 aromatic rings. The number of rotatable bonds is 5. The van der Waals surface area contributed by atoms with E-state index in [2.05, 4.69) is 32.8 Å². The zero-order chi connectivity index (χ0) is 23.8. The smallest absolute Gasteiger partial charge is 0.344 e. The van der Waals surface area contributed by atoms with Gasteiger partial charge >= 0.3 is 6.03 Å². The third-order valence-electron chi connectivity index (χ3n) is 6.87. The third kappa shape index (κ3) is 4.43. The molecular formula is C25H28ClN7O. The molecule has 0 aliphatic carbocycles. The van der Waals surface area contributed by atoms with Crippen LogP contribution in [0.15, 0.2) is 61.2 Å². The van der Waals surface area contributed by atoms with Gasteiger partial charge in [0.25, 0.3) is 0 Å². The molecule has 2 saturated heterocycles. The molecule has 176 valence electrons. The van der Waals surface area contributed by atoms with Crippen molar-refractivity contribution in [1.29, 1.82) is 0 Å². The van der Waals surface area contributed by atoms with Gasteiger partial charge in [0, 0.05) is 62.3 Å². The van der Waals surface area contributed by atoms with E-state index in [1.54, 1.807) is 18.6 Å². The Morgan fingerprint density at radius 1 is 1.21 bits per heavy atom. The largest absolute Gasteiger partial charge is 0.347 e. The van der Waals surface area contributed by atoms with E-state index in [0.717, 1.165) is 66.0 Å². The van der Waals surface area contributed by atoms with Crippen LogP contribution in [0.25, 0.3) is 11.3 Å². The quantitative estimate of drug-likeness (QED) is 0.553. The van der Waals surface area contributed by atoms with E-state index in [1.165, 1.54) is 4.68 Å². The first-order valence-corrected chi connectivity index (χ1v) is 11.8. The summed E-state index contributed by atoms with van der Waals surface area (Å²) in [7, 11) is 1.92. The predicted molar refractivity (Wildman–Crippen MR) is 133 cm³/mol. The Bertz CT molecular complexity index is 1200. The van der Waals surface area contributed by atoms with Crippen molar-refractivity contribution >= 4 is 23.3 Å². The monoisotopic (exact) mass is 477 g/mol. The number of hydrogen-bond acceptors (Lipinski definition) is 6. The summed E-state index contributed by atoms with van der Waals surface area (Å²) >= 11 is 6.61. The number of likely N-dealkylation sites (tertiary alicyclic amines) is 2. The second-order valence-corrected chi connectivity index (χ2v) is 9.66. The fourth-order valence-corrected chi connectivity index (χ4v) is 5.10. The van der Waals surface area contributed by atoms with Crippen molar-refractivity contribution in [2.45, 2.75) is 13.5 Å². The lowest BCUT2D eigenvalue weighted by Crippen LogP contribution is -2.36. The Labute approximate surface area is 204 Å². The second kappa shape index (κ2) is 9.19. The number of aromatic nitrogens is 4. The summed E-state index contributed by atoms with van der Waals surface area (Å²) in [6, 6.07) is 9.81. The minimum atomic E-state index is -0.0649. The van der Waals surface area contributed by atoms with Crippen molar-refractivity contribution in [2.75, 3.05) is 38.1 Å². The molecule has 2 atom stereocenters. The van der Waals surface area contributed by atoms with E-state index in [0.29, 0.717) is 11.8 Å². The van der Waals surface area contributed by atoms with Crippen LogP contribution >= 0.6 is 11.6 Å². The molecule has 0 saturated carbocycles. The first-order chi connectivity index (χ1) is 16.4. The van der Waals surface area contributed by atoms with Crippen molar-refractivity contribution in [3.8, 4) is 11.3 Å². The van der Waals surface area contributed by atoms with Gasteiger partial charge in [-0.1, -0.05) is 30.3 Å². The summed E-state index contributed by atoms with van der Waals surface area (Å²) in [6.45, 7) is 10.1. The molecule has 0 radical (unpaired) electrons. The maximum Gasteiger partial charge on any atom is 0.344 e. The SMILES string of the molecule is C=C(C)N(C)c1cnn(C(=O)N2CC3CN(Cc4ccc(-c5cccnn5)cc4Cl)CC3C2)c1. The molecule has 5 rings (SSSR count). The molecule has 0 bridgehead atoms. The fraction of sp³-hybridized carbons (Fsp3) is 0.360. The number of amides is 1. The molecule has 2 aliphatic heterocycles. The number of nitrogens with zero attached hydrogens (tertiary/aromatic N) is 7. The van der Waals surface area contributed by atoms with Crippen LogP contribution in [-0.4, -0.2) is 69.0 Å². The number of hydrogen-bond donors (Lipinski definition) is 0. The summed E-state index contributed by atoms with van der Waals surface area (Å²) in [6.07, 6.45) is 5.13. The molecule has 4 heterocycles. The molecule has 9 heteroatoms. The molecule has 2 fully saturated rings. The zero-order valence-electron chi connectivity index (χ0n) is 19.4. The van der Waals surface area contributed by atoms with Gasteiger partial charge in [0.2, 0.25) is 0 Å². The first kappa shape index (κ1) is 22.6. The Morgan fingerprint density at radius 2 is 1.97 bits per heavy atom. The van der Waals surface area contributed by atoms with Crippen molar-refractivity contribution in [2.24, 2.45) is 11.8 Å². The predicted octanol–water partition coefficient (Wildman–Crippen LogP) is 4.00. The van der Waals surface area contributed by atoms with Crippen LogP contribution in [0.3, 0.4) is 0 Å². The number of fused-ring (bicyclic) bond motifs is 1. The highest BCUT2D eigenvalue weighted by molar-refractivity contribution is 6.31. The minimum absolute atomic E-state index is 0.0649. The fourth-order valence-electron chi connectivity index (χ4n) is 4.86. The number of halogens is 1. The molecule has 2 unspecified atom stereocenters. The molecule has 2 aromatic heterocycles. The molecule has 0 N–H and O–H groups in total. The Balaban J connectivity index is 1.18. The van der Waals surface area contributed by atoms with Gasteiger partial charge < -0.3 is 9.80 Å². The van der Waals surface area contributed by atoms with Gasteiger partial charge in [0.15, 0.2) is 0 Å². The van der Waals surface area contributed by atoms with Crippen LogP contribution in [0.1, 0.15) is 12.5 Å². The van der Waals surface area contributed by atoms with Crippen molar-refractivity contribution < 1.29 is 4.79 Å². The number of allylic oxidation sites excluding steroid dienone is 1. The highest BCUT2D eigenvalue weighted by Crippen LogP contribution is 2.34. The average molecular weight is 478 g/mol. The van der Waals surface area contributed by atoms with Crippen LogP contribution in [-0.2, 0) is 6.54 Å². The van der Waals surface area contributed by atoms with E-state index in [9.17, 15) is 4.79 Å². The Morgan fingerprint density at radius 3 is 2.62 bits per heavy atom. The molecule has 1 amide bonds. The lowest BCUT2D eigenvalue weighted by Gasteiger charge is -2.22. The van der Waals surface area contributed by atoms with Crippen molar-refractivity contribution in [1.82, 2.24) is 29.8 Å². The Hall–Kier alpha value is -3.23. The van der Waals surface area contributed by atoms with Gasteiger partial charge in [0.1, 0.15) is 0 Å². The maximum atomic E-state index is 13.0. The molecular weight excluding hydrogens is 450 g/mol. The second-order valence-electron chi connectivity index (χ2n) is 9.25. The van der Waals surface area contributed by atoms with Crippen LogP contribution in [0, 0.1) is 11.8 Å². The first-order valence-electron chi connectivity index (χ1n) is 11.4. The van der Waals surface area contributed by atoms with E-state index in [4.69, 9.17) is 11.6 Å². The molecule has 1 aromatic carbocycles. The number of benzene rings is 1. The van der Waals surface area contributed by atoms with E-state index < -0.39 is 0 Å². The topological polar surface area (TPSA) is 70.4 Å².